The fourth-order valence-electron chi connectivity index (χ4n) is 11.2. The van der Waals surface area contributed by atoms with Crippen LogP contribution in [0.4, 0.5) is 0 Å². The van der Waals surface area contributed by atoms with Crippen LogP contribution in [0.15, 0.2) is 0 Å². The molecule has 3 unspecified atom stereocenters. The maximum Gasteiger partial charge on any atom is 0.136 e. The molecule has 5 aliphatic carbocycles. The smallest absolute Gasteiger partial charge is 0.136 e. The van der Waals surface area contributed by atoms with Crippen LogP contribution in [-0.4, -0.2) is 17.0 Å². The molecule has 182 valence electrons. The van der Waals surface area contributed by atoms with Crippen molar-refractivity contribution in [3.05, 3.63) is 0 Å². The van der Waals surface area contributed by atoms with Crippen molar-refractivity contribution in [1.82, 2.24) is 0 Å². The van der Waals surface area contributed by atoms with E-state index < -0.39 is 0 Å². The van der Waals surface area contributed by atoms with Crippen molar-refractivity contribution in [1.29, 1.82) is 0 Å². The SMILES string of the molecule is C[C@H]1C(=O)CCC2[C@]3(C)CC[C@@]4(C)C5CC(C)(C)[C@H](O)C[C@]5(C)CC[C@]4(C)C3CC[C@@]21C. The molecule has 5 fully saturated rings. The van der Waals surface area contributed by atoms with Crippen molar-refractivity contribution in [3.63, 3.8) is 0 Å². The lowest BCUT2D eigenvalue weighted by molar-refractivity contribution is -0.264. The number of hydrogen-bond donors (Lipinski definition) is 1. The monoisotopic (exact) mass is 442 g/mol. The summed E-state index contributed by atoms with van der Waals surface area (Å²) in [5.41, 5.74) is 1.60. The fraction of sp³-hybridized carbons (Fsp3) is 0.967. The highest BCUT2D eigenvalue weighted by Gasteiger charge is 2.71. The summed E-state index contributed by atoms with van der Waals surface area (Å²) < 4.78 is 0. The molecule has 1 N–H and O–H groups in total. The summed E-state index contributed by atoms with van der Waals surface area (Å²) >= 11 is 0. The Hall–Kier alpha value is -0.370. The van der Waals surface area contributed by atoms with E-state index in [9.17, 15) is 9.90 Å². The van der Waals surface area contributed by atoms with E-state index in [1.807, 2.05) is 0 Å². The van der Waals surface area contributed by atoms with Crippen LogP contribution in [0.25, 0.3) is 0 Å². The molecule has 5 aliphatic rings. The Bertz CT molecular complexity index is 816. The minimum absolute atomic E-state index is 0.0243. The van der Waals surface area contributed by atoms with E-state index in [1.165, 1.54) is 44.9 Å². The summed E-state index contributed by atoms with van der Waals surface area (Å²) in [5, 5.41) is 11.0. The molecule has 5 rings (SSSR count). The van der Waals surface area contributed by atoms with E-state index in [0.717, 1.165) is 25.2 Å². The summed E-state index contributed by atoms with van der Waals surface area (Å²) in [6.07, 6.45) is 11.7. The van der Waals surface area contributed by atoms with Crippen LogP contribution in [0.1, 0.15) is 120 Å². The van der Waals surface area contributed by atoms with E-state index in [0.29, 0.717) is 33.9 Å². The molecule has 0 aliphatic heterocycles. The van der Waals surface area contributed by atoms with Gasteiger partial charge in [-0.2, -0.15) is 0 Å². The van der Waals surface area contributed by atoms with Gasteiger partial charge in [-0.1, -0.05) is 55.4 Å². The van der Waals surface area contributed by atoms with Crippen LogP contribution < -0.4 is 0 Å². The third-order valence-electron chi connectivity index (χ3n) is 13.9. The second-order valence-corrected chi connectivity index (χ2v) is 15.3. The van der Waals surface area contributed by atoms with Crippen LogP contribution in [0.2, 0.25) is 0 Å². The normalized spacial score (nSPS) is 59.4. The summed E-state index contributed by atoms with van der Waals surface area (Å²) in [4.78, 5) is 12.7. The van der Waals surface area contributed by atoms with Gasteiger partial charge in [0.1, 0.15) is 5.78 Å². The second-order valence-electron chi connectivity index (χ2n) is 15.3. The third-order valence-corrected chi connectivity index (χ3v) is 13.9. The highest BCUT2D eigenvalue weighted by molar-refractivity contribution is 5.82. The van der Waals surface area contributed by atoms with E-state index in [-0.39, 0.29) is 28.3 Å². The molecule has 0 heterocycles. The van der Waals surface area contributed by atoms with Gasteiger partial charge in [0.2, 0.25) is 0 Å². The van der Waals surface area contributed by atoms with Crippen molar-refractivity contribution in [2.45, 2.75) is 126 Å². The van der Waals surface area contributed by atoms with E-state index in [4.69, 9.17) is 0 Å². The lowest BCUT2D eigenvalue weighted by Gasteiger charge is -2.75. The number of aliphatic hydroxyl groups is 1. The van der Waals surface area contributed by atoms with Gasteiger partial charge in [-0.15, -0.1) is 0 Å². The first-order valence-corrected chi connectivity index (χ1v) is 13.8. The molecule has 2 nitrogen and oxygen atoms in total. The Morgan fingerprint density at radius 1 is 0.719 bits per heavy atom. The van der Waals surface area contributed by atoms with Crippen molar-refractivity contribution in [3.8, 4) is 0 Å². The minimum atomic E-state index is -0.165. The first-order chi connectivity index (χ1) is 14.6. The molecule has 0 aromatic rings. The first kappa shape index (κ1) is 23.4. The molecule has 5 saturated carbocycles. The van der Waals surface area contributed by atoms with E-state index in [2.05, 4.69) is 55.4 Å². The van der Waals surface area contributed by atoms with Crippen LogP contribution in [0, 0.1) is 56.2 Å². The predicted octanol–water partition coefficient (Wildman–Crippen LogP) is 7.43. The number of carbonyl (C=O) groups excluding carboxylic acids is 1. The van der Waals surface area contributed by atoms with Crippen LogP contribution in [-0.2, 0) is 4.79 Å². The van der Waals surface area contributed by atoms with Gasteiger partial charge in [-0.05, 0) is 108 Å². The van der Waals surface area contributed by atoms with E-state index >= 15 is 0 Å². The van der Waals surface area contributed by atoms with Gasteiger partial charge in [0.05, 0.1) is 6.10 Å². The zero-order valence-corrected chi connectivity index (χ0v) is 22.3. The number of rotatable bonds is 0. The van der Waals surface area contributed by atoms with Gasteiger partial charge in [0.25, 0.3) is 0 Å². The fourth-order valence-corrected chi connectivity index (χ4v) is 11.2. The average Bonchev–Trinajstić information content (AvgIpc) is 2.70. The number of ketones is 1. The number of fused-ring (bicyclic) bond motifs is 7. The highest BCUT2D eigenvalue weighted by Crippen LogP contribution is 2.78. The molecule has 0 radical (unpaired) electrons. The zero-order chi connectivity index (χ0) is 23.5. The number of hydrogen-bond acceptors (Lipinski definition) is 2. The van der Waals surface area contributed by atoms with Gasteiger partial charge < -0.3 is 5.11 Å². The van der Waals surface area contributed by atoms with Crippen molar-refractivity contribution >= 4 is 5.78 Å². The number of aliphatic hydroxyl groups excluding tert-OH is 1. The largest absolute Gasteiger partial charge is 0.393 e. The third kappa shape index (κ3) is 2.66. The van der Waals surface area contributed by atoms with E-state index in [1.54, 1.807) is 0 Å². The molecule has 0 aromatic heterocycles. The van der Waals surface area contributed by atoms with Gasteiger partial charge in [-0.25, -0.2) is 0 Å². The van der Waals surface area contributed by atoms with Crippen LogP contribution >= 0.6 is 0 Å². The van der Waals surface area contributed by atoms with Gasteiger partial charge in [0, 0.05) is 12.3 Å². The van der Waals surface area contributed by atoms with Gasteiger partial charge >= 0.3 is 0 Å². The summed E-state index contributed by atoms with van der Waals surface area (Å²) in [6, 6.07) is 0. The maximum absolute atomic E-state index is 12.7. The van der Waals surface area contributed by atoms with Crippen molar-refractivity contribution in [2.24, 2.45) is 56.2 Å². The second kappa shape index (κ2) is 6.64. The topological polar surface area (TPSA) is 37.3 Å². The van der Waals surface area contributed by atoms with Gasteiger partial charge in [0.15, 0.2) is 0 Å². The molecule has 0 aromatic carbocycles. The molecule has 0 bridgehead atoms. The Kier molecular flexibility index (Phi) is 4.85. The molecule has 32 heavy (non-hydrogen) atoms. The molecule has 0 amide bonds. The average molecular weight is 443 g/mol. The Labute approximate surface area is 197 Å². The highest BCUT2D eigenvalue weighted by atomic mass is 16.3. The first-order valence-electron chi connectivity index (χ1n) is 13.8. The molecule has 0 saturated heterocycles. The zero-order valence-electron chi connectivity index (χ0n) is 22.3. The molecular formula is C30H50O2. The number of Topliss-reactive ketones (excluding diaryl/α,β-unsaturated/α-hetero) is 1. The lowest BCUT2D eigenvalue weighted by atomic mass is 9.30. The predicted molar refractivity (Wildman–Crippen MR) is 131 cm³/mol. The minimum Gasteiger partial charge on any atom is -0.393 e. The molecular weight excluding hydrogens is 392 g/mol. The van der Waals surface area contributed by atoms with Crippen molar-refractivity contribution in [2.75, 3.05) is 0 Å². The molecule has 10 atom stereocenters. The maximum atomic E-state index is 12.7. The Morgan fingerprint density at radius 2 is 1.34 bits per heavy atom. The van der Waals surface area contributed by atoms with Crippen molar-refractivity contribution < 1.29 is 9.90 Å². The lowest BCUT2D eigenvalue weighted by Crippen LogP contribution is -2.68. The standard InChI is InChI=1S/C30H50O2/c1-19-20(31)9-10-21-27(19,5)12-11-22-28(21,6)14-16-30(8)23-17-25(2,3)24(32)18-26(23,4)13-15-29(22,30)7/h19,21-24,32H,9-18H2,1-8H3/t19-,21?,22?,23?,24+,26-,27+,28-,29+,30-/m0/s1. The summed E-state index contributed by atoms with van der Waals surface area (Å²) in [5.74, 6) is 2.92. The molecule has 0 spiro atoms. The van der Waals surface area contributed by atoms with Crippen LogP contribution in [0.5, 0.6) is 0 Å². The number of carbonyl (C=O) groups is 1. The quantitative estimate of drug-likeness (QED) is 0.423. The molecule has 2 heteroatoms. The Balaban J connectivity index is 1.54. The Morgan fingerprint density at radius 3 is 2.03 bits per heavy atom. The summed E-state index contributed by atoms with van der Waals surface area (Å²) in [6.45, 7) is 19.9. The van der Waals surface area contributed by atoms with Crippen LogP contribution in [0.3, 0.4) is 0 Å². The summed E-state index contributed by atoms with van der Waals surface area (Å²) in [7, 11) is 0. The van der Waals surface area contributed by atoms with Gasteiger partial charge in [-0.3, -0.25) is 4.79 Å².